The van der Waals surface area contributed by atoms with Crippen LogP contribution in [0.15, 0.2) is 30.6 Å². The number of aromatic nitrogens is 3. The Morgan fingerprint density at radius 1 is 1.16 bits per heavy atom. The zero-order valence-corrected chi connectivity index (χ0v) is 17.6. The highest BCUT2D eigenvalue weighted by Crippen LogP contribution is 2.41. The van der Waals surface area contributed by atoms with Crippen molar-refractivity contribution in [3.63, 3.8) is 0 Å². The number of nitriles is 1. The number of rotatable bonds is 3. The second kappa shape index (κ2) is 8.00. The molecule has 31 heavy (non-hydrogen) atoms. The van der Waals surface area contributed by atoms with Crippen LogP contribution in [0.25, 0.3) is 10.9 Å². The van der Waals surface area contributed by atoms with Crippen molar-refractivity contribution in [3.05, 3.63) is 47.3 Å². The van der Waals surface area contributed by atoms with Crippen LogP contribution in [0.2, 0.25) is 0 Å². The van der Waals surface area contributed by atoms with E-state index in [1.165, 1.54) is 11.9 Å². The highest BCUT2D eigenvalue weighted by atomic mass is 16.5. The lowest BCUT2D eigenvalue weighted by Crippen LogP contribution is -2.38. The van der Waals surface area contributed by atoms with Crippen molar-refractivity contribution in [1.29, 1.82) is 5.26 Å². The van der Waals surface area contributed by atoms with E-state index in [1.807, 2.05) is 0 Å². The molecule has 0 amide bonds. The van der Waals surface area contributed by atoms with Crippen LogP contribution in [0, 0.1) is 18.3 Å². The normalized spacial score (nSPS) is 19.0. The minimum Gasteiger partial charge on any atom is -0.382 e. The van der Waals surface area contributed by atoms with Gasteiger partial charge in [-0.2, -0.15) is 5.26 Å². The maximum absolute atomic E-state index is 9.68. The summed E-state index contributed by atoms with van der Waals surface area (Å²) in [6.07, 6.45) is 3.41. The van der Waals surface area contributed by atoms with Gasteiger partial charge in [0.25, 0.3) is 0 Å². The highest BCUT2D eigenvalue weighted by molar-refractivity contribution is 5.85. The molecule has 1 atom stereocenters. The Hall–Kier alpha value is -3.44. The van der Waals surface area contributed by atoms with Gasteiger partial charge < -0.3 is 20.3 Å². The summed E-state index contributed by atoms with van der Waals surface area (Å²) in [5.41, 5.74) is 9.68. The smallest absolute Gasteiger partial charge is 0.152 e. The van der Waals surface area contributed by atoms with E-state index in [0.717, 1.165) is 54.8 Å². The van der Waals surface area contributed by atoms with Gasteiger partial charge in [0.1, 0.15) is 29.6 Å². The Balaban J connectivity index is 1.66. The lowest BCUT2D eigenvalue weighted by Gasteiger charge is -2.34. The van der Waals surface area contributed by atoms with Crippen LogP contribution in [0.5, 0.6) is 0 Å². The number of hydrogen-bond donors (Lipinski definition) is 1. The van der Waals surface area contributed by atoms with Gasteiger partial charge >= 0.3 is 0 Å². The first-order valence-corrected chi connectivity index (χ1v) is 10.7. The lowest BCUT2D eigenvalue weighted by atomic mass is 10.0. The SMILES string of the molecule is Cc1cccc2cc([C@@H]3CCCN3c3ncnc(N)c3C#N)c(N3CCOCC3)nc12. The molecule has 0 aliphatic carbocycles. The Labute approximate surface area is 181 Å². The molecule has 3 aromatic rings. The number of aryl methyl sites for hydroxylation is 1. The number of benzene rings is 1. The zero-order valence-electron chi connectivity index (χ0n) is 17.6. The van der Waals surface area contributed by atoms with E-state index in [9.17, 15) is 5.26 Å². The summed E-state index contributed by atoms with van der Waals surface area (Å²) in [4.78, 5) is 18.1. The molecule has 0 radical (unpaired) electrons. The maximum atomic E-state index is 9.68. The van der Waals surface area contributed by atoms with Crippen molar-refractivity contribution in [3.8, 4) is 6.07 Å². The van der Waals surface area contributed by atoms with Gasteiger partial charge in [-0.1, -0.05) is 18.2 Å². The molecule has 8 heteroatoms. The van der Waals surface area contributed by atoms with E-state index in [-0.39, 0.29) is 11.9 Å². The third-order valence-electron chi connectivity index (χ3n) is 6.22. The molecule has 2 aliphatic heterocycles. The van der Waals surface area contributed by atoms with Gasteiger partial charge in [-0.3, -0.25) is 0 Å². The Kier molecular flexibility index (Phi) is 5.04. The molecule has 0 unspecified atom stereocenters. The topological polar surface area (TPSA) is 104 Å². The quantitative estimate of drug-likeness (QED) is 0.696. The molecule has 2 N–H and O–H groups in total. The predicted molar refractivity (Wildman–Crippen MR) is 120 cm³/mol. The fourth-order valence-corrected chi connectivity index (χ4v) is 4.69. The number of nitrogens with zero attached hydrogens (tertiary/aromatic N) is 6. The van der Waals surface area contributed by atoms with E-state index < -0.39 is 0 Å². The Morgan fingerprint density at radius 3 is 2.81 bits per heavy atom. The third-order valence-corrected chi connectivity index (χ3v) is 6.22. The minimum atomic E-state index is 0.0663. The fourth-order valence-electron chi connectivity index (χ4n) is 4.69. The summed E-state index contributed by atoms with van der Waals surface area (Å²) >= 11 is 0. The van der Waals surface area contributed by atoms with Gasteiger partial charge in [0.2, 0.25) is 0 Å². The number of pyridine rings is 1. The van der Waals surface area contributed by atoms with Crippen LogP contribution < -0.4 is 15.5 Å². The summed E-state index contributed by atoms with van der Waals surface area (Å²) in [5.74, 6) is 1.83. The molecule has 0 spiro atoms. The third kappa shape index (κ3) is 3.41. The second-order valence-electron chi connectivity index (χ2n) is 8.07. The first-order valence-electron chi connectivity index (χ1n) is 10.7. The number of morpholine rings is 1. The first kappa shape index (κ1) is 19.5. The van der Waals surface area contributed by atoms with Gasteiger partial charge in [0, 0.05) is 30.6 Å². The van der Waals surface area contributed by atoms with E-state index in [2.05, 4.69) is 57.0 Å². The average Bonchev–Trinajstić information content (AvgIpc) is 3.28. The minimum absolute atomic E-state index is 0.0663. The van der Waals surface area contributed by atoms with Crippen molar-refractivity contribution in [2.45, 2.75) is 25.8 Å². The summed E-state index contributed by atoms with van der Waals surface area (Å²) in [6.45, 7) is 5.93. The first-order chi connectivity index (χ1) is 15.2. The molecule has 5 rings (SSSR count). The number of hydrogen-bond acceptors (Lipinski definition) is 8. The summed E-state index contributed by atoms with van der Waals surface area (Å²) in [5, 5.41) is 10.8. The van der Waals surface area contributed by atoms with Crippen molar-refractivity contribution >= 4 is 28.4 Å². The molecule has 158 valence electrons. The van der Waals surface area contributed by atoms with E-state index in [0.29, 0.717) is 24.6 Å². The standard InChI is InChI=1S/C23H25N7O/c1-15-4-2-5-16-12-17(23(28-20(15)16)29-8-10-31-11-9-29)19-6-3-7-30(19)22-18(13-24)21(25)26-14-27-22/h2,4-5,12,14,19H,3,6-11H2,1H3,(H2,25,26,27)/t19-/m0/s1. The van der Waals surface area contributed by atoms with Crippen molar-refractivity contribution in [2.75, 3.05) is 48.4 Å². The van der Waals surface area contributed by atoms with Crippen molar-refractivity contribution < 1.29 is 4.74 Å². The van der Waals surface area contributed by atoms with Crippen LogP contribution in [-0.4, -0.2) is 47.8 Å². The summed E-state index contributed by atoms with van der Waals surface area (Å²) in [7, 11) is 0. The highest BCUT2D eigenvalue weighted by Gasteiger charge is 2.33. The molecule has 2 fully saturated rings. The number of para-hydroxylation sites is 1. The number of anilines is 3. The van der Waals surface area contributed by atoms with E-state index >= 15 is 0 Å². The summed E-state index contributed by atoms with van der Waals surface area (Å²) in [6, 6.07) is 10.8. The van der Waals surface area contributed by atoms with Crippen molar-refractivity contribution in [1.82, 2.24) is 15.0 Å². The summed E-state index contributed by atoms with van der Waals surface area (Å²) < 4.78 is 5.58. The molecule has 2 aromatic heterocycles. The lowest BCUT2D eigenvalue weighted by molar-refractivity contribution is 0.122. The van der Waals surface area contributed by atoms with Crippen LogP contribution in [0.3, 0.4) is 0 Å². The van der Waals surface area contributed by atoms with Crippen molar-refractivity contribution in [2.24, 2.45) is 0 Å². The molecule has 2 saturated heterocycles. The number of nitrogen functional groups attached to an aromatic ring is 1. The Morgan fingerprint density at radius 2 is 2.00 bits per heavy atom. The maximum Gasteiger partial charge on any atom is 0.152 e. The van der Waals surface area contributed by atoms with E-state index in [4.69, 9.17) is 15.5 Å². The monoisotopic (exact) mass is 415 g/mol. The second-order valence-corrected chi connectivity index (χ2v) is 8.07. The molecule has 2 aliphatic rings. The molecular formula is C23H25N7O. The van der Waals surface area contributed by atoms with Crippen LogP contribution in [-0.2, 0) is 4.74 Å². The molecular weight excluding hydrogens is 390 g/mol. The van der Waals surface area contributed by atoms with Crippen LogP contribution in [0.4, 0.5) is 17.5 Å². The van der Waals surface area contributed by atoms with Gasteiger partial charge in [-0.05, 0) is 31.4 Å². The predicted octanol–water partition coefficient (Wildman–Crippen LogP) is 2.97. The molecule has 4 heterocycles. The molecule has 0 saturated carbocycles. The van der Waals surface area contributed by atoms with Gasteiger partial charge in [-0.25, -0.2) is 15.0 Å². The number of nitrogens with two attached hydrogens (primary N) is 1. The van der Waals surface area contributed by atoms with Gasteiger partial charge in [0.05, 0.1) is 24.8 Å². The van der Waals surface area contributed by atoms with Gasteiger partial charge in [-0.15, -0.1) is 0 Å². The van der Waals surface area contributed by atoms with Crippen LogP contribution in [0.1, 0.15) is 35.6 Å². The Bertz CT molecular complexity index is 1170. The molecule has 1 aromatic carbocycles. The zero-order chi connectivity index (χ0) is 21.4. The molecule has 0 bridgehead atoms. The largest absolute Gasteiger partial charge is 0.382 e. The van der Waals surface area contributed by atoms with Crippen LogP contribution >= 0.6 is 0 Å². The molecule has 8 nitrogen and oxygen atoms in total. The van der Waals surface area contributed by atoms with E-state index in [1.54, 1.807) is 0 Å². The fraction of sp³-hybridized carbons (Fsp3) is 0.391. The average molecular weight is 416 g/mol. The van der Waals surface area contributed by atoms with Gasteiger partial charge in [0.15, 0.2) is 5.82 Å². The number of fused-ring (bicyclic) bond motifs is 1. The number of ether oxygens (including phenoxy) is 1.